The number of rotatable bonds is 10. The topological polar surface area (TPSA) is 166 Å². The number of ether oxygens (including phenoxy) is 1. The number of H-pyrrole nitrogens is 1. The lowest BCUT2D eigenvalue weighted by Gasteiger charge is -2.32. The minimum absolute atomic E-state index is 0.228. The number of hydrogen-bond donors (Lipinski definition) is 3. The Morgan fingerprint density at radius 3 is 2.38 bits per heavy atom. The molecule has 0 radical (unpaired) electrons. The summed E-state index contributed by atoms with van der Waals surface area (Å²) in [7, 11) is 0. The van der Waals surface area contributed by atoms with Crippen LogP contribution >= 0.6 is 0 Å². The lowest BCUT2D eigenvalue weighted by molar-refractivity contribution is -0.130. The molecular formula is C31H36N8O3. The van der Waals surface area contributed by atoms with Gasteiger partial charge in [0.25, 0.3) is 5.91 Å². The molecule has 0 saturated heterocycles. The summed E-state index contributed by atoms with van der Waals surface area (Å²) in [6, 6.07) is 17.7. The number of carbonyl (C=O) groups is 2. The van der Waals surface area contributed by atoms with Crippen molar-refractivity contribution >= 4 is 17.5 Å². The van der Waals surface area contributed by atoms with E-state index in [2.05, 4.69) is 25.6 Å². The molecule has 5 rings (SSSR count). The van der Waals surface area contributed by atoms with Crippen LogP contribution in [0.25, 0.3) is 22.5 Å². The van der Waals surface area contributed by atoms with E-state index < -0.39 is 11.9 Å². The molecule has 0 aliphatic heterocycles. The first kappa shape index (κ1) is 29.0. The Balaban J connectivity index is 1.35. The molecule has 2 amide bonds. The minimum atomic E-state index is -0.922. The Morgan fingerprint density at radius 2 is 1.74 bits per heavy atom. The summed E-state index contributed by atoms with van der Waals surface area (Å²) in [6.45, 7) is 3.04. The molecule has 1 saturated carbocycles. The van der Waals surface area contributed by atoms with Gasteiger partial charge in [-0.3, -0.25) is 9.59 Å². The van der Waals surface area contributed by atoms with Gasteiger partial charge in [0.05, 0.1) is 18.3 Å². The van der Waals surface area contributed by atoms with Gasteiger partial charge in [0.1, 0.15) is 0 Å². The zero-order valence-electron chi connectivity index (χ0n) is 23.6. The second kappa shape index (κ2) is 13.5. The van der Waals surface area contributed by atoms with Crippen LogP contribution in [0.4, 0.5) is 5.69 Å². The Bertz CT molecular complexity index is 1470. The van der Waals surface area contributed by atoms with Crippen LogP contribution in [0.3, 0.4) is 0 Å². The monoisotopic (exact) mass is 568 g/mol. The summed E-state index contributed by atoms with van der Waals surface area (Å²) in [5.41, 5.74) is 16.2. The molecule has 1 aliphatic carbocycles. The molecule has 2 aromatic heterocycles. The summed E-state index contributed by atoms with van der Waals surface area (Å²) >= 11 is 0. The van der Waals surface area contributed by atoms with Crippen LogP contribution in [0.5, 0.6) is 5.88 Å². The molecule has 1 aliphatic rings. The van der Waals surface area contributed by atoms with Crippen molar-refractivity contribution in [2.75, 3.05) is 18.1 Å². The van der Waals surface area contributed by atoms with Crippen molar-refractivity contribution in [3.8, 4) is 28.4 Å². The first-order chi connectivity index (χ1) is 20.5. The number of benzene rings is 2. The third-order valence-electron chi connectivity index (χ3n) is 7.79. The number of nitrogens with two attached hydrogens (primary N) is 2. The highest BCUT2D eigenvalue weighted by Crippen LogP contribution is 2.32. The van der Waals surface area contributed by atoms with E-state index in [-0.39, 0.29) is 18.2 Å². The number of anilines is 1. The first-order valence-electron chi connectivity index (χ1n) is 14.3. The van der Waals surface area contributed by atoms with Gasteiger partial charge in [-0.2, -0.15) is 5.21 Å². The number of aromatic nitrogens is 5. The van der Waals surface area contributed by atoms with E-state index in [9.17, 15) is 9.59 Å². The van der Waals surface area contributed by atoms with Crippen molar-refractivity contribution < 1.29 is 14.3 Å². The van der Waals surface area contributed by atoms with Crippen molar-refractivity contribution in [3.05, 3.63) is 72.4 Å². The molecule has 218 valence electrons. The highest BCUT2D eigenvalue weighted by molar-refractivity contribution is 6.17. The largest absolute Gasteiger partial charge is 0.478 e. The van der Waals surface area contributed by atoms with Crippen molar-refractivity contribution in [2.45, 2.75) is 45.1 Å². The second-order valence-electron chi connectivity index (χ2n) is 10.5. The van der Waals surface area contributed by atoms with E-state index in [0.29, 0.717) is 54.9 Å². The fourth-order valence-electron chi connectivity index (χ4n) is 5.42. The van der Waals surface area contributed by atoms with E-state index in [1.54, 1.807) is 30.5 Å². The van der Waals surface area contributed by atoms with Gasteiger partial charge in [-0.05, 0) is 104 Å². The summed E-state index contributed by atoms with van der Waals surface area (Å²) in [6.07, 6.45) is 5.09. The molecule has 0 bridgehead atoms. The molecule has 11 heteroatoms. The second-order valence-corrected chi connectivity index (χ2v) is 10.5. The molecule has 4 aromatic rings. The van der Waals surface area contributed by atoms with Crippen LogP contribution in [0.15, 0.2) is 66.9 Å². The number of aromatic amines is 1. The zero-order valence-corrected chi connectivity index (χ0v) is 23.6. The van der Waals surface area contributed by atoms with Gasteiger partial charge in [0, 0.05) is 23.2 Å². The van der Waals surface area contributed by atoms with Crippen LogP contribution < -0.4 is 21.1 Å². The highest BCUT2D eigenvalue weighted by atomic mass is 16.5. The number of carbonyl (C=O) groups excluding carboxylic acids is 2. The molecule has 2 heterocycles. The summed E-state index contributed by atoms with van der Waals surface area (Å²) in [5.74, 6) is 0.468. The van der Waals surface area contributed by atoms with Gasteiger partial charge < -0.3 is 16.2 Å². The maximum atomic E-state index is 13.9. The van der Waals surface area contributed by atoms with E-state index in [1.807, 2.05) is 43.3 Å². The Morgan fingerprint density at radius 1 is 1.02 bits per heavy atom. The van der Waals surface area contributed by atoms with E-state index >= 15 is 0 Å². The van der Waals surface area contributed by atoms with Crippen LogP contribution in [0.2, 0.25) is 0 Å². The molecule has 1 atom stereocenters. The molecule has 2 aromatic carbocycles. The number of nitrogens with zero attached hydrogens (tertiary/aromatic N) is 5. The number of imide groups is 1. The maximum Gasteiger partial charge on any atom is 0.251 e. The Hall–Kier alpha value is -4.48. The molecule has 0 spiro atoms. The number of amides is 2. The fourth-order valence-corrected chi connectivity index (χ4v) is 5.42. The summed E-state index contributed by atoms with van der Waals surface area (Å²) < 4.78 is 5.67. The van der Waals surface area contributed by atoms with E-state index in [4.69, 9.17) is 16.2 Å². The lowest BCUT2D eigenvalue weighted by Crippen LogP contribution is -2.50. The highest BCUT2D eigenvalue weighted by Gasteiger charge is 2.35. The van der Waals surface area contributed by atoms with Gasteiger partial charge in [-0.1, -0.05) is 24.3 Å². The standard InChI is InChI=1S/C31H36N8O3/c1-2-42-29-26(4-3-17-34-29)22-9-5-20(6-10-22)18-27(33)31(41)39(30(40)24-11-7-21(19-32)8-12-24)25-15-13-23(14-16-25)28-35-37-38-36-28/h3-6,9-10,13-17,21,24,27H,2,7-8,11-12,18-19,32-33H2,1H3,(H,35,36,37,38)/t21?,24?,27-/m0/s1. The third kappa shape index (κ3) is 6.53. The van der Waals surface area contributed by atoms with E-state index in [0.717, 1.165) is 29.5 Å². The normalized spacial score (nSPS) is 17.4. The first-order valence-corrected chi connectivity index (χ1v) is 14.3. The fraction of sp³-hybridized carbons (Fsp3) is 0.355. The number of hydrogen-bond acceptors (Lipinski definition) is 9. The molecule has 42 heavy (non-hydrogen) atoms. The number of nitrogens with one attached hydrogen (secondary N) is 1. The molecule has 5 N–H and O–H groups in total. The number of pyridine rings is 1. The van der Waals surface area contributed by atoms with Crippen LogP contribution in [0, 0.1) is 11.8 Å². The van der Waals surface area contributed by atoms with Gasteiger partial charge in [0.2, 0.25) is 17.6 Å². The Labute approximate surface area is 244 Å². The Kier molecular flexibility index (Phi) is 9.30. The maximum absolute atomic E-state index is 13.9. The van der Waals surface area contributed by atoms with Crippen molar-refractivity contribution in [3.63, 3.8) is 0 Å². The van der Waals surface area contributed by atoms with E-state index in [1.165, 1.54) is 4.90 Å². The van der Waals surface area contributed by atoms with Crippen molar-refractivity contribution in [1.82, 2.24) is 25.6 Å². The van der Waals surface area contributed by atoms with Crippen LogP contribution in [0.1, 0.15) is 38.2 Å². The average molecular weight is 569 g/mol. The molecule has 0 unspecified atom stereocenters. The van der Waals surface area contributed by atoms with Crippen LogP contribution in [-0.2, 0) is 16.0 Å². The van der Waals surface area contributed by atoms with Gasteiger partial charge in [0.15, 0.2) is 0 Å². The van der Waals surface area contributed by atoms with Gasteiger partial charge in [-0.15, -0.1) is 10.2 Å². The molecular weight excluding hydrogens is 532 g/mol. The van der Waals surface area contributed by atoms with Crippen molar-refractivity contribution in [2.24, 2.45) is 23.3 Å². The van der Waals surface area contributed by atoms with Crippen molar-refractivity contribution in [1.29, 1.82) is 0 Å². The third-order valence-corrected chi connectivity index (χ3v) is 7.79. The summed E-state index contributed by atoms with van der Waals surface area (Å²) in [4.78, 5) is 33.3. The SMILES string of the molecule is CCOc1ncccc1-c1ccc(C[C@H](N)C(=O)N(C(=O)C2CCC(CN)CC2)c2ccc(-c3nn[nH]n3)cc2)cc1. The average Bonchev–Trinajstić information content (AvgIpc) is 3.58. The zero-order chi connectivity index (χ0) is 29.5. The predicted octanol–water partition coefficient (Wildman–Crippen LogP) is 3.52. The van der Waals surface area contributed by atoms with Crippen LogP contribution in [-0.4, -0.2) is 56.6 Å². The van der Waals surface area contributed by atoms with Gasteiger partial charge in [-0.25, -0.2) is 9.88 Å². The lowest BCUT2D eigenvalue weighted by atomic mass is 9.81. The van der Waals surface area contributed by atoms with Gasteiger partial charge >= 0.3 is 0 Å². The predicted molar refractivity (Wildman–Crippen MR) is 159 cm³/mol. The summed E-state index contributed by atoms with van der Waals surface area (Å²) in [5, 5.41) is 14.0. The quantitative estimate of drug-likeness (QED) is 0.259. The molecule has 11 nitrogen and oxygen atoms in total. The smallest absolute Gasteiger partial charge is 0.251 e. The number of tetrazole rings is 1. The minimum Gasteiger partial charge on any atom is -0.478 e. The molecule has 1 fully saturated rings.